The fraction of sp³-hybridized carbons (Fsp3) is 0.333. The lowest BCUT2D eigenvalue weighted by Gasteiger charge is -2.31. The van der Waals surface area contributed by atoms with Crippen LogP contribution in [0.25, 0.3) is 0 Å². The first-order valence-electron chi connectivity index (χ1n) is 7.63. The van der Waals surface area contributed by atoms with Crippen molar-refractivity contribution < 1.29 is 9.53 Å². The van der Waals surface area contributed by atoms with Gasteiger partial charge in [-0.05, 0) is 43.4 Å². The first-order chi connectivity index (χ1) is 11.3. The van der Waals surface area contributed by atoms with E-state index in [1.807, 2.05) is 35.4 Å². The van der Waals surface area contributed by atoms with Crippen LogP contribution in [0.3, 0.4) is 0 Å². The van der Waals surface area contributed by atoms with Crippen molar-refractivity contribution in [1.82, 2.24) is 9.88 Å². The van der Waals surface area contributed by atoms with Gasteiger partial charge in [-0.25, -0.2) is 4.98 Å². The van der Waals surface area contributed by atoms with E-state index in [1.54, 1.807) is 18.4 Å². The van der Waals surface area contributed by atoms with Crippen molar-refractivity contribution in [2.45, 2.75) is 25.3 Å². The second-order valence-corrected chi connectivity index (χ2v) is 6.47. The standard InChI is InChI=1S/C18H18N2O2S/c1-22-15-6-4-5-14(11-15)8-9-18-19-12-17(23-18)16-7-2-3-10-20(16)13-21/h4-6,11-13,16H,2-3,7,10H2,1H3. The quantitative estimate of drug-likeness (QED) is 0.642. The van der Waals surface area contributed by atoms with E-state index in [9.17, 15) is 4.79 Å². The van der Waals surface area contributed by atoms with Crippen molar-refractivity contribution in [3.05, 3.63) is 45.9 Å². The number of carbonyl (C=O) groups excluding carboxylic acids is 1. The lowest BCUT2D eigenvalue weighted by molar-refractivity contribution is -0.121. The van der Waals surface area contributed by atoms with Gasteiger partial charge in [0.15, 0.2) is 5.01 Å². The molecule has 0 bridgehead atoms. The van der Waals surface area contributed by atoms with Gasteiger partial charge >= 0.3 is 0 Å². The van der Waals surface area contributed by atoms with Crippen molar-refractivity contribution in [2.24, 2.45) is 0 Å². The number of piperidine rings is 1. The molecule has 1 fully saturated rings. The fourth-order valence-corrected chi connectivity index (χ4v) is 3.64. The van der Waals surface area contributed by atoms with E-state index in [0.717, 1.165) is 53.4 Å². The number of benzene rings is 1. The number of nitrogens with zero attached hydrogens (tertiary/aromatic N) is 2. The van der Waals surface area contributed by atoms with Gasteiger partial charge < -0.3 is 9.64 Å². The Hall–Kier alpha value is -2.32. The van der Waals surface area contributed by atoms with Gasteiger partial charge in [-0.15, -0.1) is 11.3 Å². The first-order valence-corrected chi connectivity index (χ1v) is 8.44. The molecular weight excluding hydrogens is 308 g/mol. The summed E-state index contributed by atoms with van der Waals surface area (Å²) in [5.41, 5.74) is 0.897. The topological polar surface area (TPSA) is 42.4 Å². The molecule has 3 rings (SSSR count). The molecule has 1 saturated heterocycles. The van der Waals surface area contributed by atoms with E-state index >= 15 is 0 Å². The molecule has 0 N–H and O–H groups in total. The van der Waals surface area contributed by atoms with Crippen molar-refractivity contribution in [3.63, 3.8) is 0 Å². The van der Waals surface area contributed by atoms with Gasteiger partial charge in [-0.3, -0.25) is 4.79 Å². The molecule has 1 aliphatic heterocycles. The number of carbonyl (C=O) groups is 1. The molecule has 0 aliphatic carbocycles. The van der Waals surface area contributed by atoms with Gasteiger partial charge in [0.05, 0.1) is 13.2 Å². The second kappa shape index (κ2) is 7.30. The van der Waals surface area contributed by atoms with Crippen LogP contribution >= 0.6 is 11.3 Å². The maximum absolute atomic E-state index is 11.2. The summed E-state index contributed by atoms with van der Waals surface area (Å²) >= 11 is 1.57. The molecule has 23 heavy (non-hydrogen) atoms. The largest absolute Gasteiger partial charge is 0.497 e. The third-order valence-corrected chi connectivity index (χ3v) is 4.93. The summed E-state index contributed by atoms with van der Waals surface area (Å²) in [7, 11) is 1.64. The highest BCUT2D eigenvalue weighted by Crippen LogP contribution is 2.32. The lowest BCUT2D eigenvalue weighted by atomic mass is 10.0. The first kappa shape index (κ1) is 15.6. The molecule has 118 valence electrons. The van der Waals surface area contributed by atoms with E-state index in [1.165, 1.54) is 0 Å². The highest BCUT2D eigenvalue weighted by Gasteiger charge is 2.24. The smallest absolute Gasteiger partial charge is 0.210 e. The molecular formula is C18H18N2O2S. The summed E-state index contributed by atoms with van der Waals surface area (Å²) in [6.07, 6.45) is 6.04. The Kier molecular flexibility index (Phi) is 4.94. The molecule has 4 nitrogen and oxygen atoms in total. The van der Waals surface area contributed by atoms with Crippen LogP contribution in [0.2, 0.25) is 0 Å². The number of hydrogen-bond donors (Lipinski definition) is 0. The van der Waals surface area contributed by atoms with Crippen LogP contribution in [0.1, 0.15) is 40.8 Å². The van der Waals surface area contributed by atoms with Crippen molar-refractivity contribution in [1.29, 1.82) is 0 Å². The Morgan fingerprint density at radius 1 is 1.39 bits per heavy atom. The van der Waals surface area contributed by atoms with Crippen molar-refractivity contribution in [3.8, 4) is 17.6 Å². The highest BCUT2D eigenvalue weighted by atomic mass is 32.1. The molecule has 1 atom stereocenters. The minimum absolute atomic E-state index is 0.158. The van der Waals surface area contributed by atoms with Crippen LogP contribution in [0.4, 0.5) is 0 Å². The van der Waals surface area contributed by atoms with Crippen LogP contribution in [0, 0.1) is 11.8 Å². The molecule has 1 aromatic carbocycles. The summed E-state index contributed by atoms with van der Waals surface area (Å²) in [5, 5.41) is 0.777. The number of aromatic nitrogens is 1. The summed E-state index contributed by atoms with van der Waals surface area (Å²) in [5.74, 6) is 7.00. The van der Waals surface area contributed by atoms with Crippen LogP contribution in [0.15, 0.2) is 30.5 Å². The number of ether oxygens (including phenoxy) is 1. The normalized spacial score (nSPS) is 17.3. The van der Waals surface area contributed by atoms with E-state index in [0.29, 0.717) is 0 Å². The molecule has 1 aliphatic rings. The number of methoxy groups -OCH3 is 1. The van der Waals surface area contributed by atoms with E-state index in [-0.39, 0.29) is 6.04 Å². The maximum atomic E-state index is 11.2. The minimum atomic E-state index is 0.158. The van der Waals surface area contributed by atoms with Crippen molar-refractivity contribution >= 4 is 17.7 Å². The molecule has 2 aromatic rings. The molecule has 0 spiro atoms. The number of amides is 1. The average molecular weight is 326 g/mol. The molecule has 5 heteroatoms. The third-order valence-electron chi connectivity index (χ3n) is 3.92. The Bertz CT molecular complexity index is 745. The Morgan fingerprint density at radius 2 is 2.30 bits per heavy atom. The Morgan fingerprint density at radius 3 is 3.13 bits per heavy atom. The summed E-state index contributed by atoms with van der Waals surface area (Å²) in [4.78, 5) is 18.6. The van der Waals surface area contributed by atoms with Gasteiger partial charge in [-0.1, -0.05) is 12.0 Å². The Balaban J connectivity index is 1.77. The van der Waals surface area contributed by atoms with Gasteiger partial charge in [-0.2, -0.15) is 0 Å². The number of likely N-dealkylation sites (tertiary alicyclic amines) is 1. The molecule has 1 unspecified atom stereocenters. The van der Waals surface area contributed by atoms with Crippen molar-refractivity contribution in [2.75, 3.05) is 13.7 Å². The second-order valence-electron chi connectivity index (χ2n) is 5.40. The monoisotopic (exact) mass is 326 g/mol. The van der Waals surface area contributed by atoms with E-state index < -0.39 is 0 Å². The summed E-state index contributed by atoms with van der Waals surface area (Å²) < 4.78 is 5.20. The SMILES string of the molecule is COc1cccc(C#Cc2ncc(C3CCCCN3C=O)s2)c1. The zero-order valence-corrected chi connectivity index (χ0v) is 13.8. The van der Waals surface area contributed by atoms with E-state index in [2.05, 4.69) is 16.8 Å². The van der Waals surface area contributed by atoms with Gasteiger partial charge in [0.1, 0.15) is 5.75 Å². The van der Waals surface area contributed by atoms with Crippen LogP contribution in [-0.4, -0.2) is 29.9 Å². The molecule has 0 saturated carbocycles. The molecule has 1 amide bonds. The molecule has 0 radical (unpaired) electrons. The van der Waals surface area contributed by atoms with Crippen LogP contribution in [0.5, 0.6) is 5.75 Å². The summed E-state index contributed by atoms with van der Waals surface area (Å²) in [6, 6.07) is 7.81. The fourth-order valence-electron chi connectivity index (χ4n) is 2.71. The average Bonchev–Trinajstić information content (AvgIpc) is 3.09. The zero-order valence-electron chi connectivity index (χ0n) is 13.0. The highest BCUT2D eigenvalue weighted by molar-refractivity contribution is 7.12. The zero-order chi connectivity index (χ0) is 16.1. The van der Waals surface area contributed by atoms with E-state index in [4.69, 9.17) is 4.74 Å². The maximum Gasteiger partial charge on any atom is 0.210 e. The summed E-state index contributed by atoms with van der Waals surface area (Å²) in [6.45, 7) is 0.830. The third kappa shape index (κ3) is 3.72. The number of hydrogen-bond acceptors (Lipinski definition) is 4. The minimum Gasteiger partial charge on any atom is -0.497 e. The van der Waals surface area contributed by atoms with Crippen LogP contribution < -0.4 is 4.74 Å². The Labute approximate surface area is 140 Å². The lowest BCUT2D eigenvalue weighted by Crippen LogP contribution is -2.31. The van der Waals surface area contributed by atoms with Gasteiger partial charge in [0.2, 0.25) is 6.41 Å². The molecule has 2 heterocycles. The van der Waals surface area contributed by atoms with Crippen LogP contribution in [-0.2, 0) is 4.79 Å². The van der Waals surface area contributed by atoms with Gasteiger partial charge in [0, 0.05) is 23.2 Å². The predicted molar refractivity (Wildman–Crippen MR) is 90.5 cm³/mol. The molecule has 1 aromatic heterocycles. The predicted octanol–water partition coefficient (Wildman–Crippen LogP) is 3.23. The number of rotatable bonds is 3. The van der Waals surface area contributed by atoms with Gasteiger partial charge in [0.25, 0.3) is 0 Å². The number of thiazole rings is 1.